The molecule has 3 aromatic heterocycles. The monoisotopic (exact) mass is 323 g/mol. The molecule has 3 heterocycles. The molecule has 0 bridgehead atoms. The molecule has 0 aliphatic carbocycles. The van der Waals surface area contributed by atoms with Gasteiger partial charge in [-0.2, -0.15) is 0 Å². The van der Waals surface area contributed by atoms with Crippen LogP contribution in [0.5, 0.6) is 5.75 Å². The number of methoxy groups -OCH3 is 1. The maximum absolute atomic E-state index is 5.24. The predicted octanol–water partition coefficient (Wildman–Crippen LogP) is 3.61. The standard InChI is InChI=1S/C18H21N5O/c1-12(2)8-21-18-22-11-17(23-18)16-7-13(4-5-20-16)14-6-15(24-3)10-19-9-14/h4-7,9-12H,8H2,1-3H3,(H2,21,22,23). The first-order valence-electron chi connectivity index (χ1n) is 7.90. The zero-order valence-electron chi connectivity index (χ0n) is 14.1. The Bertz CT molecular complexity index is 812. The van der Waals surface area contributed by atoms with Crippen molar-refractivity contribution in [1.29, 1.82) is 0 Å². The van der Waals surface area contributed by atoms with E-state index in [0.29, 0.717) is 5.92 Å². The lowest BCUT2D eigenvalue weighted by molar-refractivity contribution is 0.413. The number of aromatic nitrogens is 4. The van der Waals surface area contributed by atoms with Crippen LogP contribution in [0.25, 0.3) is 22.5 Å². The van der Waals surface area contributed by atoms with Gasteiger partial charge in [0.2, 0.25) is 5.95 Å². The molecule has 6 heteroatoms. The maximum Gasteiger partial charge on any atom is 0.200 e. The Hall–Kier alpha value is -2.89. The third-order valence-electron chi connectivity index (χ3n) is 3.57. The number of H-pyrrole nitrogens is 1. The predicted molar refractivity (Wildman–Crippen MR) is 94.9 cm³/mol. The third-order valence-corrected chi connectivity index (χ3v) is 3.57. The second kappa shape index (κ2) is 7.12. The highest BCUT2D eigenvalue weighted by Crippen LogP contribution is 2.26. The van der Waals surface area contributed by atoms with Crippen molar-refractivity contribution in [2.75, 3.05) is 19.0 Å². The van der Waals surface area contributed by atoms with E-state index in [-0.39, 0.29) is 0 Å². The number of hydrogen-bond acceptors (Lipinski definition) is 5. The Kier molecular flexibility index (Phi) is 4.74. The lowest BCUT2D eigenvalue weighted by atomic mass is 10.1. The number of hydrogen-bond donors (Lipinski definition) is 2. The first kappa shape index (κ1) is 16.0. The van der Waals surface area contributed by atoms with Gasteiger partial charge in [-0.15, -0.1) is 0 Å². The van der Waals surface area contributed by atoms with Gasteiger partial charge in [0.05, 0.1) is 30.9 Å². The summed E-state index contributed by atoms with van der Waals surface area (Å²) in [6.45, 7) is 5.18. The smallest absolute Gasteiger partial charge is 0.200 e. The summed E-state index contributed by atoms with van der Waals surface area (Å²) in [7, 11) is 1.63. The first-order valence-corrected chi connectivity index (χ1v) is 7.90. The lowest BCUT2D eigenvalue weighted by Crippen LogP contribution is -2.08. The van der Waals surface area contributed by atoms with Crippen LogP contribution < -0.4 is 10.1 Å². The molecule has 0 spiro atoms. The second-order valence-electron chi connectivity index (χ2n) is 5.96. The number of nitrogens with zero attached hydrogens (tertiary/aromatic N) is 3. The fraction of sp³-hybridized carbons (Fsp3) is 0.278. The van der Waals surface area contributed by atoms with E-state index < -0.39 is 0 Å². The maximum atomic E-state index is 5.24. The van der Waals surface area contributed by atoms with Gasteiger partial charge in [-0.05, 0) is 29.7 Å². The minimum absolute atomic E-state index is 0.556. The molecule has 0 saturated heterocycles. The van der Waals surface area contributed by atoms with E-state index in [1.807, 2.05) is 24.4 Å². The van der Waals surface area contributed by atoms with Crippen LogP contribution in [-0.2, 0) is 0 Å². The van der Waals surface area contributed by atoms with Crippen LogP contribution in [0.2, 0.25) is 0 Å². The fourth-order valence-corrected chi connectivity index (χ4v) is 2.29. The number of imidazole rings is 1. The molecule has 0 amide bonds. The number of rotatable bonds is 6. The van der Waals surface area contributed by atoms with Crippen molar-refractivity contribution in [3.05, 3.63) is 43.0 Å². The Morgan fingerprint density at radius 2 is 2.00 bits per heavy atom. The summed E-state index contributed by atoms with van der Waals surface area (Å²) in [4.78, 5) is 16.3. The van der Waals surface area contributed by atoms with Gasteiger partial charge in [-0.1, -0.05) is 13.8 Å². The molecular weight excluding hydrogens is 302 g/mol. The molecule has 24 heavy (non-hydrogen) atoms. The van der Waals surface area contributed by atoms with E-state index in [1.165, 1.54) is 0 Å². The zero-order valence-corrected chi connectivity index (χ0v) is 14.1. The summed E-state index contributed by atoms with van der Waals surface area (Å²) in [5.74, 6) is 2.04. The third kappa shape index (κ3) is 3.71. The normalized spacial score (nSPS) is 10.8. The largest absolute Gasteiger partial charge is 0.495 e. The fourth-order valence-electron chi connectivity index (χ4n) is 2.29. The highest BCUT2D eigenvalue weighted by Gasteiger charge is 2.07. The second-order valence-corrected chi connectivity index (χ2v) is 5.96. The highest BCUT2D eigenvalue weighted by molar-refractivity contribution is 5.69. The summed E-state index contributed by atoms with van der Waals surface area (Å²) in [6.07, 6.45) is 7.07. The summed E-state index contributed by atoms with van der Waals surface area (Å²) >= 11 is 0. The van der Waals surface area contributed by atoms with Crippen LogP contribution in [0.15, 0.2) is 43.0 Å². The Morgan fingerprint density at radius 1 is 1.12 bits per heavy atom. The van der Waals surface area contributed by atoms with Crippen molar-refractivity contribution in [2.24, 2.45) is 5.92 Å². The van der Waals surface area contributed by atoms with Crippen LogP contribution in [0, 0.1) is 5.92 Å². The minimum Gasteiger partial charge on any atom is -0.495 e. The van der Waals surface area contributed by atoms with Crippen molar-refractivity contribution < 1.29 is 4.74 Å². The molecule has 0 saturated carbocycles. The van der Waals surface area contributed by atoms with Crippen molar-refractivity contribution in [2.45, 2.75) is 13.8 Å². The molecule has 0 fully saturated rings. The molecule has 0 aliphatic heterocycles. The Morgan fingerprint density at radius 3 is 2.79 bits per heavy atom. The molecule has 2 N–H and O–H groups in total. The van der Waals surface area contributed by atoms with Crippen molar-refractivity contribution in [3.8, 4) is 28.3 Å². The molecule has 0 unspecified atom stereocenters. The van der Waals surface area contributed by atoms with Gasteiger partial charge in [0.25, 0.3) is 0 Å². The molecule has 0 aliphatic rings. The van der Waals surface area contributed by atoms with Crippen LogP contribution in [0.1, 0.15) is 13.8 Å². The van der Waals surface area contributed by atoms with E-state index in [0.717, 1.165) is 40.8 Å². The van der Waals surface area contributed by atoms with E-state index in [1.54, 1.807) is 25.7 Å². The van der Waals surface area contributed by atoms with Gasteiger partial charge in [0.1, 0.15) is 5.75 Å². The quantitative estimate of drug-likeness (QED) is 0.725. The first-order chi connectivity index (χ1) is 11.7. The van der Waals surface area contributed by atoms with Gasteiger partial charge in [0, 0.05) is 24.5 Å². The van der Waals surface area contributed by atoms with Gasteiger partial charge in [-0.25, -0.2) is 4.98 Å². The molecular formula is C18H21N5O. The summed E-state index contributed by atoms with van der Waals surface area (Å²) in [5.41, 5.74) is 3.72. The molecule has 0 aromatic carbocycles. The Balaban J connectivity index is 1.85. The van der Waals surface area contributed by atoms with E-state index in [9.17, 15) is 0 Å². The SMILES string of the molecule is COc1cncc(-c2ccnc(-c3cnc(NCC(C)C)[nH]3)c2)c1. The number of nitrogens with one attached hydrogen (secondary N) is 2. The van der Waals surface area contributed by atoms with E-state index >= 15 is 0 Å². The molecule has 6 nitrogen and oxygen atoms in total. The average Bonchev–Trinajstić information content (AvgIpc) is 3.09. The molecule has 124 valence electrons. The van der Waals surface area contributed by atoms with Gasteiger partial charge >= 0.3 is 0 Å². The highest BCUT2D eigenvalue weighted by atomic mass is 16.5. The average molecular weight is 323 g/mol. The lowest BCUT2D eigenvalue weighted by Gasteiger charge is -2.06. The molecule has 0 radical (unpaired) electrons. The zero-order chi connectivity index (χ0) is 16.9. The van der Waals surface area contributed by atoms with E-state index in [4.69, 9.17) is 4.74 Å². The number of anilines is 1. The Labute approximate surface area is 141 Å². The summed E-state index contributed by atoms with van der Waals surface area (Å²) in [5, 5.41) is 3.27. The molecule has 3 rings (SSSR count). The molecule has 3 aromatic rings. The summed E-state index contributed by atoms with van der Waals surface area (Å²) in [6, 6.07) is 5.92. The van der Waals surface area contributed by atoms with Crippen LogP contribution >= 0.6 is 0 Å². The van der Waals surface area contributed by atoms with Crippen molar-refractivity contribution >= 4 is 5.95 Å². The number of pyridine rings is 2. The minimum atomic E-state index is 0.556. The van der Waals surface area contributed by atoms with Crippen molar-refractivity contribution in [1.82, 2.24) is 19.9 Å². The van der Waals surface area contributed by atoms with Crippen LogP contribution in [0.3, 0.4) is 0 Å². The van der Waals surface area contributed by atoms with Gasteiger partial charge in [-0.3, -0.25) is 9.97 Å². The van der Waals surface area contributed by atoms with Gasteiger partial charge in [0.15, 0.2) is 0 Å². The van der Waals surface area contributed by atoms with Gasteiger partial charge < -0.3 is 15.0 Å². The summed E-state index contributed by atoms with van der Waals surface area (Å²) < 4.78 is 5.24. The van der Waals surface area contributed by atoms with Crippen LogP contribution in [0.4, 0.5) is 5.95 Å². The number of ether oxygens (including phenoxy) is 1. The van der Waals surface area contributed by atoms with Crippen LogP contribution in [-0.4, -0.2) is 33.6 Å². The molecule has 0 atom stereocenters. The topological polar surface area (TPSA) is 75.7 Å². The van der Waals surface area contributed by atoms with Crippen molar-refractivity contribution in [3.63, 3.8) is 0 Å². The number of aromatic amines is 1. The van der Waals surface area contributed by atoms with E-state index in [2.05, 4.69) is 39.1 Å².